The zero-order chi connectivity index (χ0) is 22.5. The van der Waals surface area contributed by atoms with Crippen LogP contribution in [0.25, 0.3) is 11.3 Å². The summed E-state index contributed by atoms with van der Waals surface area (Å²) >= 11 is 0. The topological polar surface area (TPSA) is 101 Å². The summed E-state index contributed by atoms with van der Waals surface area (Å²) in [5.74, 6) is -0.422. The second-order valence-corrected chi connectivity index (χ2v) is 9.93. The van der Waals surface area contributed by atoms with Crippen molar-refractivity contribution in [2.75, 3.05) is 6.54 Å². The molecule has 0 unspecified atom stereocenters. The summed E-state index contributed by atoms with van der Waals surface area (Å²) in [6.45, 7) is 6.09. The molecule has 0 bridgehead atoms. The van der Waals surface area contributed by atoms with Crippen molar-refractivity contribution in [3.8, 4) is 11.3 Å². The number of sulfonamides is 1. The molecule has 0 spiro atoms. The third kappa shape index (κ3) is 6.19. The largest absolute Gasteiger partial charge is 0.351 e. The number of hydrogen-bond acceptors (Lipinski definition) is 5. The predicted molar refractivity (Wildman–Crippen MR) is 120 cm³/mol. The fraction of sp³-hybridized carbons (Fsp3) is 0.261. The van der Waals surface area contributed by atoms with Gasteiger partial charge in [0.1, 0.15) is 0 Å². The summed E-state index contributed by atoms with van der Waals surface area (Å²) in [5.41, 5.74) is 3.44. The van der Waals surface area contributed by atoms with Crippen molar-refractivity contribution < 1.29 is 13.2 Å². The van der Waals surface area contributed by atoms with Crippen molar-refractivity contribution in [1.82, 2.24) is 20.0 Å². The highest BCUT2D eigenvalue weighted by Gasteiger charge is 2.18. The van der Waals surface area contributed by atoms with Crippen molar-refractivity contribution in [2.24, 2.45) is 0 Å². The lowest BCUT2D eigenvalue weighted by molar-refractivity contribution is -0.120. The van der Waals surface area contributed by atoms with Gasteiger partial charge in [0.15, 0.2) is 0 Å². The number of carbonyl (C=O) groups is 1. The quantitative estimate of drug-likeness (QED) is 0.590. The summed E-state index contributed by atoms with van der Waals surface area (Å²) < 4.78 is 27.3. The van der Waals surface area contributed by atoms with Crippen LogP contribution in [-0.2, 0) is 26.8 Å². The summed E-state index contributed by atoms with van der Waals surface area (Å²) in [5, 5.41) is 2.72. The number of nitrogens with zero attached hydrogens (tertiary/aromatic N) is 2. The standard InChI is InChI=1S/C23H26N4O3S/c1-23(2,3)19-6-8-20(9-7-19)31(29,30)27-16-22(28)26-14-17-10-12-25-21(13-17)18-5-4-11-24-15-18/h4-13,15,27H,14,16H2,1-3H3,(H,26,28). The molecule has 7 nitrogen and oxygen atoms in total. The lowest BCUT2D eigenvalue weighted by Crippen LogP contribution is -2.36. The van der Waals surface area contributed by atoms with E-state index in [-0.39, 0.29) is 23.4 Å². The molecule has 3 aromatic rings. The van der Waals surface area contributed by atoms with Gasteiger partial charge in [0, 0.05) is 30.7 Å². The minimum atomic E-state index is -3.77. The maximum absolute atomic E-state index is 12.5. The van der Waals surface area contributed by atoms with Crippen LogP contribution in [-0.4, -0.2) is 30.8 Å². The first kappa shape index (κ1) is 22.6. The first-order valence-corrected chi connectivity index (χ1v) is 11.4. The zero-order valence-electron chi connectivity index (χ0n) is 17.8. The molecule has 0 radical (unpaired) electrons. The maximum atomic E-state index is 12.5. The number of amides is 1. The van der Waals surface area contributed by atoms with Gasteiger partial charge in [-0.1, -0.05) is 32.9 Å². The van der Waals surface area contributed by atoms with E-state index in [9.17, 15) is 13.2 Å². The van der Waals surface area contributed by atoms with Crippen molar-refractivity contribution >= 4 is 15.9 Å². The minimum Gasteiger partial charge on any atom is -0.351 e. The predicted octanol–water partition coefficient (Wildman–Crippen LogP) is 3.04. The number of rotatable bonds is 7. The number of hydrogen-bond donors (Lipinski definition) is 2. The Morgan fingerprint density at radius 2 is 1.77 bits per heavy atom. The van der Waals surface area contributed by atoms with Gasteiger partial charge < -0.3 is 5.32 Å². The first-order chi connectivity index (χ1) is 14.6. The molecule has 2 aromatic heterocycles. The van der Waals surface area contributed by atoms with Crippen LogP contribution in [0.3, 0.4) is 0 Å². The average Bonchev–Trinajstić information content (AvgIpc) is 2.77. The lowest BCUT2D eigenvalue weighted by Gasteiger charge is -2.19. The van der Waals surface area contributed by atoms with Gasteiger partial charge in [0.05, 0.1) is 17.1 Å². The van der Waals surface area contributed by atoms with E-state index in [4.69, 9.17) is 0 Å². The van der Waals surface area contributed by atoms with Crippen molar-refractivity contribution in [3.63, 3.8) is 0 Å². The fourth-order valence-corrected chi connectivity index (χ4v) is 3.88. The molecule has 3 rings (SSSR count). The van der Waals surface area contributed by atoms with Gasteiger partial charge in [0.25, 0.3) is 0 Å². The van der Waals surface area contributed by atoms with Crippen LogP contribution >= 0.6 is 0 Å². The Morgan fingerprint density at radius 3 is 2.42 bits per heavy atom. The average molecular weight is 439 g/mol. The Labute approximate surface area is 183 Å². The summed E-state index contributed by atoms with van der Waals surface area (Å²) in [6, 6.07) is 14.1. The van der Waals surface area contributed by atoms with E-state index >= 15 is 0 Å². The lowest BCUT2D eigenvalue weighted by atomic mass is 9.87. The number of nitrogens with one attached hydrogen (secondary N) is 2. The number of aromatic nitrogens is 2. The molecular formula is C23H26N4O3S. The van der Waals surface area contributed by atoms with Crippen LogP contribution in [0.4, 0.5) is 0 Å². The molecule has 2 N–H and O–H groups in total. The molecule has 0 saturated carbocycles. The van der Waals surface area contributed by atoms with Crippen LogP contribution in [0.5, 0.6) is 0 Å². The Balaban J connectivity index is 1.55. The summed E-state index contributed by atoms with van der Waals surface area (Å²) in [7, 11) is -3.77. The molecule has 0 aliphatic carbocycles. The molecule has 8 heteroatoms. The highest BCUT2D eigenvalue weighted by atomic mass is 32.2. The Hall–Kier alpha value is -3.10. The van der Waals surface area contributed by atoms with Crippen molar-refractivity contribution in [2.45, 2.75) is 37.6 Å². The van der Waals surface area contributed by atoms with E-state index in [1.807, 2.05) is 18.2 Å². The molecule has 1 aromatic carbocycles. The SMILES string of the molecule is CC(C)(C)c1ccc(S(=O)(=O)NCC(=O)NCc2ccnc(-c3cccnc3)c2)cc1. The highest BCUT2D eigenvalue weighted by molar-refractivity contribution is 7.89. The van der Waals surface area contributed by atoms with E-state index in [1.165, 1.54) is 0 Å². The molecule has 31 heavy (non-hydrogen) atoms. The van der Waals surface area contributed by atoms with E-state index < -0.39 is 15.9 Å². The van der Waals surface area contributed by atoms with Gasteiger partial charge in [-0.15, -0.1) is 0 Å². The molecule has 0 aliphatic rings. The van der Waals surface area contributed by atoms with E-state index in [0.29, 0.717) is 0 Å². The number of carbonyl (C=O) groups excluding carboxylic acids is 1. The third-order valence-electron chi connectivity index (χ3n) is 4.72. The number of pyridine rings is 2. The molecule has 0 fully saturated rings. The normalized spacial score (nSPS) is 11.8. The summed E-state index contributed by atoms with van der Waals surface area (Å²) in [6.07, 6.45) is 5.06. The maximum Gasteiger partial charge on any atom is 0.241 e. The molecule has 2 heterocycles. The van der Waals surface area contributed by atoms with Crippen LogP contribution < -0.4 is 10.0 Å². The number of benzene rings is 1. The minimum absolute atomic E-state index is 0.0700. The van der Waals surface area contributed by atoms with Gasteiger partial charge in [-0.2, -0.15) is 0 Å². The second kappa shape index (κ2) is 9.36. The van der Waals surface area contributed by atoms with Gasteiger partial charge in [0.2, 0.25) is 15.9 Å². The fourth-order valence-electron chi connectivity index (χ4n) is 2.90. The Bertz CT molecular complexity index is 1140. The van der Waals surface area contributed by atoms with Gasteiger partial charge >= 0.3 is 0 Å². The molecule has 0 atom stereocenters. The zero-order valence-corrected chi connectivity index (χ0v) is 18.6. The molecule has 162 valence electrons. The van der Waals surface area contributed by atoms with Gasteiger partial charge in [-0.05, 0) is 52.9 Å². The Kier molecular flexibility index (Phi) is 6.82. The molecule has 0 aliphatic heterocycles. The Morgan fingerprint density at radius 1 is 1.03 bits per heavy atom. The van der Waals surface area contributed by atoms with Crippen molar-refractivity contribution in [1.29, 1.82) is 0 Å². The first-order valence-electron chi connectivity index (χ1n) is 9.87. The van der Waals surface area contributed by atoms with Gasteiger partial charge in [-0.25, -0.2) is 13.1 Å². The highest BCUT2D eigenvalue weighted by Crippen LogP contribution is 2.23. The van der Waals surface area contributed by atoms with Crippen LogP contribution in [0.15, 0.2) is 72.0 Å². The second-order valence-electron chi connectivity index (χ2n) is 8.17. The smallest absolute Gasteiger partial charge is 0.241 e. The van der Waals surface area contributed by atoms with E-state index in [1.54, 1.807) is 48.9 Å². The monoisotopic (exact) mass is 438 g/mol. The molecule has 1 amide bonds. The van der Waals surface area contributed by atoms with E-state index in [0.717, 1.165) is 22.4 Å². The molecular weight excluding hydrogens is 412 g/mol. The van der Waals surface area contributed by atoms with Gasteiger partial charge in [-0.3, -0.25) is 14.8 Å². The summed E-state index contributed by atoms with van der Waals surface area (Å²) in [4.78, 5) is 20.7. The van der Waals surface area contributed by atoms with Crippen LogP contribution in [0.2, 0.25) is 0 Å². The van der Waals surface area contributed by atoms with Crippen molar-refractivity contribution in [3.05, 3.63) is 78.2 Å². The van der Waals surface area contributed by atoms with Crippen LogP contribution in [0.1, 0.15) is 31.9 Å². The molecule has 0 saturated heterocycles. The van der Waals surface area contributed by atoms with Crippen LogP contribution in [0, 0.1) is 0 Å². The van der Waals surface area contributed by atoms with E-state index in [2.05, 4.69) is 40.8 Å². The third-order valence-corrected chi connectivity index (χ3v) is 6.14.